The van der Waals surface area contributed by atoms with Gasteiger partial charge >= 0.3 is 6.03 Å². The van der Waals surface area contributed by atoms with E-state index in [4.69, 9.17) is 5.21 Å². The van der Waals surface area contributed by atoms with E-state index in [1.807, 2.05) is 0 Å². The second kappa shape index (κ2) is 12.7. The van der Waals surface area contributed by atoms with Crippen molar-refractivity contribution in [2.45, 2.75) is 116 Å². The van der Waals surface area contributed by atoms with Gasteiger partial charge in [-0.25, -0.2) is 10.3 Å². The van der Waals surface area contributed by atoms with Gasteiger partial charge < -0.3 is 16.0 Å². The maximum atomic E-state index is 13.0. The van der Waals surface area contributed by atoms with Crippen LogP contribution in [0.4, 0.5) is 10.5 Å². The molecule has 1 aromatic carbocycles. The van der Waals surface area contributed by atoms with Gasteiger partial charge in [0.2, 0.25) is 5.91 Å². The summed E-state index contributed by atoms with van der Waals surface area (Å²) in [6, 6.07) is 6.99. The second-order valence-electron chi connectivity index (χ2n) is 13.4. The zero-order valence-electron chi connectivity index (χ0n) is 23.9. The Labute approximate surface area is 233 Å². The van der Waals surface area contributed by atoms with E-state index >= 15 is 0 Å². The summed E-state index contributed by atoms with van der Waals surface area (Å²) in [5.74, 6) is 0.316. The van der Waals surface area contributed by atoms with Crippen LogP contribution in [0.1, 0.15) is 121 Å². The highest BCUT2D eigenvalue weighted by molar-refractivity contribution is 5.95. The number of hydrogen-bond acceptors (Lipinski definition) is 4. The van der Waals surface area contributed by atoms with Gasteiger partial charge in [-0.15, -0.1) is 0 Å². The third-order valence-corrected chi connectivity index (χ3v) is 9.15. The minimum absolute atomic E-state index is 0.0898. The molecule has 5 rings (SSSR count). The number of urea groups is 1. The van der Waals surface area contributed by atoms with E-state index < -0.39 is 0 Å². The highest BCUT2D eigenvalue weighted by Crippen LogP contribution is 2.66. The highest BCUT2D eigenvalue weighted by Gasteiger charge is 2.60. The van der Waals surface area contributed by atoms with E-state index in [1.165, 1.54) is 19.3 Å². The number of carbonyl (C=O) groups is 3. The van der Waals surface area contributed by atoms with E-state index in [1.54, 1.807) is 29.7 Å². The maximum Gasteiger partial charge on any atom is 0.319 e. The lowest BCUT2D eigenvalue weighted by atomic mass is 9.43. The van der Waals surface area contributed by atoms with Crippen molar-refractivity contribution in [2.24, 2.45) is 16.7 Å². The number of carbonyl (C=O) groups excluding carboxylic acids is 3. The lowest BCUT2D eigenvalue weighted by Crippen LogP contribution is -2.65. The molecule has 0 aromatic heterocycles. The Hall–Kier alpha value is -2.61. The smallest absolute Gasteiger partial charge is 0.319 e. The van der Waals surface area contributed by atoms with Crippen LogP contribution in [0.5, 0.6) is 0 Å². The molecule has 0 saturated heterocycles. The molecule has 39 heavy (non-hydrogen) atoms. The molecule has 4 bridgehead atoms. The van der Waals surface area contributed by atoms with Crippen molar-refractivity contribution in [3.05, 3.63) is 29.8 Å². The Morgan fingerprint density at radius 3 is 2.00 bits per heavy atom. The number of rotatable bonds is 14. The zero-order chi connectivity index (χ0) is 27.9. The maximum absolute atomic E-state index is 13.0. The SMILES string of the molecule is C[C@]12CC3CC(NC(=O)Nc4ccc(C(=O)NCCCCCCCCCCC(=O)NO)cc4)(C1)C[C@@](C)(C3)C2. The van der Waals surface area contributed by atoms with Crippen molar-refractivity contribution in [1.82, 2.24) is 16.1 Å². The first-order valence-corrected chi connectivity index (χ1v) is 15.0. The van der Waals surface area contributed by atoms with Crippen LogP contribution >= 0.6 is 0 Å². The Balaban J connectivity index is 1.10. The molecule has 4 amide bonds. The molecule has 0 aliphatic heterocycles. The first kappa shape index (κ1) is 29.4. The Morgan fingerprint density at radius 1 is 0.821 bits per heavy atom. The molecule has 0 spiro atoms. The molecule has 1 aromatic rings. The molecule has 5 N–H and O–H groups in total. The molecule has 216 valence electrons. The predicted molar refractivity (Wildman–Crippen MR) is 153 cm³/mol. The predicted octanol–water partition coefficient (Wildman–Crippen LogP) is 6.30. The van der Waals surface area contributed by atoms with Crippen LogP contribution in [-0.4, -0.2) is 35.1 Å². The van der Waals surface area contributed by atoms with Crippen molar-refractivity contribution in [3.8, 4) is 0 Å². The van der Waals surface area contributed by atoms with Gasteiger partial charge in [0.1, 0.15) is 0 Å². The molecular formula is C31H48N4O4. The van der Waals surface area contributed by atoms with E-state index in [0.717, 1.165) is 76.5 Å². The number of anilines is 1. The van der Waals surface area contributed by atoms with E-state index in [0.29, 0.717) is 35.0 Å². The molecule has 8 nitrogen and oxygen atoms in total. The van der Waals surface area contributed by atoms with Crippen LogP contribution < -0.4 is 21.4 Å². The number of hydroxylamine groups is 1. The lowest BCUT2D eigenvalue weighted by molar-refractivity contribution is -0.129. The fraction of sp³-hybridized carbons (Fsp3) is 0.710. The van der Waals surface area contributed by atoms with Crippen molar-refractivity contribution < 1.29 is 19.6 Å². The van der Waals surface area contributed by atoms with Crippen molar-refractivity contribution in [1.29, 1.82) is 0 Å². The van der Waals surface area contributed by atoms with Crippen LogP contribution in [0.3, 0.4) is 0 Å². The normalized spacial score (nSPS) is 28.6. The van der Waals surface area contributed by atoms with Gasteiger partial charge in [0, 0.05) is 29.8 Å². The van der Waals surface area contributed by atoms with E-state index in [-0.39, 0.29) is 23.4 Å². The monoisotopic (exact) mass is 540 g/mol. The summed E-state index contributed by atoms with van der Waals surface area (Å²) >= 11 is 0. The third kappa shape index (κ3) is 8.19. The minimum Gasteiger partial charge on any atom is -0.352 e. The minimum atomic E-state index is -0.316. The van der Waals surface area contributed by atoms with Gasteiger partial charge in [-0.2, -0.15) is 0 Å². The Bertz CT molecular complexity index is 992. The van der Waals surface area contributed by atoms with Gasteiger partial charge in [0.15, 0.2) is 0 Å². The fourth-order valence-electron chi connectivity index (χ4n) is 8.53. The van der Waals surface area contributed by atoms with Crippen molar-refractivity contribution >= 4 is 23.5 Å². The van der Waals surface area contributed by atoms with Gasteiger partial charge in [-0.1, -0.05) is 52.4 Å². The topological polar surface area (TPSA) is 120 Å². The average molecular weight is 541 g/mol. The van der Waals surface area contributed by atoms with Gasteiger partial charge in [-0.05, 0) is 92.4 Å². The number of hydrogen-bond donors (Lipinski definition) is 5. The van der Waals surface area contributed by atoms with Crippen LogP contribution in [0.15, 0.2) is 24.3 Å². The summed E-state index contributed by atoms with van der Waals surface area (Å²) in [5.41, 5.74) is 3.55. The summed E-state index contributed by atoms with van der Waals surface area (Å²) in [5, 5.41) is 17.8. The Morgan fingerprint density at radius 2 is 1.41 bits per heavy atom. The molecule has 8 heteroatoms. The number of unbranched alkanes of at least 4 members (excludes halogenated alkanes) is 7. The first-order valence-electron chi connectivity index (χ1n) is 15.0. The molecule has 2 unspecified atom stereocenters. The first-order chi connectivity index (χ1) is 18.6. The number of amides is 4. The standard InChI is InChI=1S/C31H48N4O4/c1-29-17-23-18-30(2,20-29)22-31(19-23,21-29)34-28(38)33-25-14-12-24(13-15-25)27(37)32-16-10-8-6-4-3-5-7-9-11-26(36)35-39/h12-15,23,39H,3-11,16-22H2,1-2H3,(H,32,37)(H,35,36)(H2,33,34,38)/t23?,29-,30+,31?. The third-order valence-electron chi connectivity index (χ3n) is 9.15. The lowest BCUT2D eigenvalue weighted by Gasteiger charge is -2.65. The summed E-state index contributed by atoms with van der Waals surface area (Å²) in [7, 11) is 0. The zero-order valence-corrected chi connectivity index (χ0v) is 23.9. The van der Waals surface area contributed by atoms with Gasteiger partial charge in [0.05, 0.1) is 0 Å². The summed E-state index contributed by atoms with van der Waals surface area (Å²) in [6.07, 6.45) is 15.9. The fourth-order valence-corrected chi connectivity index (χ4v) is 8.53. The summed E-state index contributed by atoms with van der Waals surface area (Å²) in [6.45, 7) is 5.46. The number of nitrogens with one attached hydrogen (secondary N) is 4. The van der Waals surface area contributed by atoms with E-state index in [9.17, 15) is 14.4 Å². The molecule has 4 saturated carbocycles. The molecule has 0 heterocycles. The quantitative estimate of drug-likeness (QED) is 0.108. The van der Waals surface area contributed by atoms with Gasteiger partial charge in [-0.3, -0.25) is 14.8 Å². The van der Waals surface area contributed by atoms with E-state index in [2.05, 4.69) is 29.8 Å². The molecule has 0 radical (unpaired) electrons. The van der Waals surface area contributed by atoms with Crippen LogP contribution in [0, 0.1) is 16.7 Å². The highest BCUT2D eigenvalue weighted by atomic mass is 16.5. The van der Waals surface area contributed by atoms with Gasteiger partial charge in [0.25, 0.3) is 5.91 Å². The average Bonchev–Trinajstić information content (AvgIpc) is 2.84. The molecular weight excluding hydrogens is 492 g/mol. The van der Waals surface area contributed by atoms with Crippen LogP contribution in [0.2, 0.25) is 0 Å². The molecule has 4 aliphatic rings. The molecule has 4 atom stereocenters. The largest absolute Gasteiger partial charge is 0.352 e. The summed E-state index contributed by atoms with van der Waals surface area (Å²) < 4.78 is 0. The van der Waals surface area contributed by atoms with Crippen molar-refractivity contribution in [2.75, 3.05) is 11.9 Å². The molecule has 4 aliphatic carbocycles. The number of benzene rings is 1. The van der Waals surface area contributed by atoms with Crippen LogP contribution in [0.25, 0.3) is 0 Å². The Kier molecular flexibility index (Phi) is 9.57. The van der Waals surface area contributed by atoms with Crippen LogP contribution in [-0.2, 0) is 4.79 Å². The van der Waals surface area contributed by atoms with Crippen molar-refractivity contribution in [3.63, 3.8) is 0 Å². The molecule has 4 fully saturated rings. The second-order valence-corrected chi connectivity index (χ2v) is 13.4. The summed E-state index contributed by atoms with van der Waals surface area (Å²) in [4.78, 5) is 36.4.